The van der Waals surface area contributed by atoms with Gasteiger partial charge in [-0.25, -0.2) is 14.4 Å². The highest BCUT2D eigenvalue weighted by Crippen LogP contribution is 2.25. The van der Waals surface area contributed by atoms with E-state index < -0.39 is 5.91 Å². The Hall–Kier alpha value is -3.37. The molecule has 0 radical (unpaired) electrons. The number of nitrogens with zero attached hydrogens (tertiary/aromatic N) is 4. The Morgan fingerprint density at radius 2 is 2.00 bits per heavy atom. The van der Waals surface area contributed by atoms with Gasteiger partial charge in [0.15, 0.2) is 0 Å². The average Bonchev–Trinajstić information content (AvgIpc) is 3.14. The highest BCUT2D eigenvalue weighted by Gasteiger charge is 2.25. The summed E-state index contributed by atoms with van der Waals surface area (Å²) in [4.78, 5) is 39.1. The zero-order chi connectivity index (χ0) is 22.8. The molecule has 2 N–H and O–H groups in total. The van der Waals surface area contributed by atoms with Crippen LogP contribution in [0.3, 0.4) is 0 Å². The monoisotopic (exact) mass is 464 g/mol. The van der Waals surface area contributed by atoms with E-state index in [1.807, 2.05) is 12.1 Å². The summed E-state index contributed by atoms with van der Waals surface area (Å²) in [5.41, 5.74) is 2.30. The van der Waals surface area contributed by atoms with Crippen molar-refractivity contribution in [2.45, 2.75) is 25.4 Å². The van der Waals surface area contributed by atoms with E-state index in [0.29, 0.717) is 29.1 Å². The molecule has 0 spiro atoms. The first kappa shape index (κ1) is 21.5. The first-order valence-electron chi connectivity index (χ1n) is 10.6. The van der Waals surface area contributed by atoms with Crippen LogP contribution < -0.4 is 15.5 Å². The summed E-state index contributed by atoms with van der Waals surface area (Å²) in [6.07, 6.45) is 5.13. The number of benzene rings is 1. The predicted molar refractivity (Wildman–Crippen MR) is 125 cm³/mol. The molecule has 0 unspecified atom stereocenters. The highest BCUT2D eigenvalue weighted by atomic mass is 32.2. The maximum atomic E-state index is 13.3. The van der Waals surface area contributed by atoms with E-state index in [4.69, 9.17) is 0 Å². The minimum Gasteiger partial charge on any atom is -0.341 e. The van der Waals surface area contributed by atoms with E-state index in [1.165, 1.54) is 12.1 Å². The predicted octanol–water partition coefficient (Wildman–Crippen LogP) is 3.25. The first-order chi connectivity index (χ1) is 16.0. The molecule has 2 aliphatic heterocycles. The summed E-state index contributed by atoms with van der Waals surface area (Å²) >= 11 is 0.872. The molecule has 10 heteroatoms. The number of imide groups is 1. The Kier molecular flexibility index (Phi) is 6.01. The quantitative estimate of drug-likeness (QED) is 0.555. The molecule has 168 valence electrons. The highest BCUT2D eigenvalue weighted by molar-refractivity contribution is 8.18. The van der Waals surface area contributed by atoms with Crippen LogP contribution in [0.4, 0.5) is 15.1 Å². The summed E-state index contributed by atoms with van der Waals surface area (Å²) in [7, 11) is 0. The second-order valence-corrected chi connectivity index (χ2v) is 8.93. The Morgan fingerprint density at radius 1 is 1.15 bits per heavy atom. The number of hydrogen-bond acceptors (Lipinski definition) is 8. The van der Waals surface area contributed by atoms with E-state index in [1.54, 1.807) is 24.4 Å². The third-order valence-electron chi connectivity index (χ3n) is 5.64. The maximum Gasteiger partial charge on any atom is 0.290 e. The average molecular weight is 465 g/mol. The summed E-state index contributed by atoms with van der Waals surface area (Å²) in [5, 5.41) is 6.23. The molecule has 1 aromatic carbocycles. The van der Waals surface area contributed by atoms with Crippen molar-refractivity contribution in [1.29, 1.82) is 0 Å². The lowest BCUT2D eigenvalue weighted by molar-refractivity contribution is -0.115. The summed E-state index contributed by atoms with van der Waals surface area (Å²) in [6, 6.07) is 10.5. The molecule has 8 nitrogen and oxygen atoms in total. The standard InChI is InChI=1S/C23H21FN6O2S/c24-15-2-4-19-14(11-15)1-3-18(27-19)13-26-16-6-9-30(10-7-16)22-25-8-5-17(28-22)12-20-21(31)29-23(32)33-20/h1-5,8,11-12,16,26H,6-7,9-10,13H2,(H,29,31,32)/b20-12+. The number of nitrogens with one attached hydrogen (secondary N) is 2. The molecule has 0 saturated carbocycles. The minimum atomic E-state index is -0.398. The molecule has 3 aromatic rings. The smallest absolute Gasteiger partial charge is 0.290 e. The van der Waals surface area contributed by atoms with E-state index in [9.17, 15) is 14.0 Å². The molecule has 0 aliphatic carbocycles. The first-order valence-corrected chi connectivity index (χ1v) is 11.5. The van der Waals surface area contributed by atoms with Crippen LogP contribution in [0.2, 0.25) is 0 Å². The topological polar surface area (TPSA) is 100 Å². The molecule has 5 rings (SSSR count). The van der Waals surface area contributed by atoms with Crippen LogP contribution in [0.25, 0.3) is 17.0 Å². The fourth-order valence-corrected chi connectivity index (χ4v) is 4.59. The van der Waals surface area contributed by atoms with Crippen LogP contribution in [0, 0.1) is 5.82 Å². The number of piperidine rings is 1. The number of fused-ring (bicyclic) bond motifs is 1. The summed E-state index contributed by atoms with van der Waals surface area (Å²) in [6.45, 7) is 2.25. The Bertz CT molecular complexity index is 1260. The molecular formula is C23H21FN6O2S. The number of thioether (sulfide) groups is 1. The van der Waals surface area contributed by atoms with E-state index >= 15 is 0 Å². The molecule has 0 bridgehead atoms. The van der Waals surface area contributed by atoms with Crippen LogP contribution in [-0.4, -0.2) is 45.2 Å². The minimum absolute atomic E-state index is 0.258. The van der Waals surface area contributed by atoms with Gasteiger partial charge in [0.1, 0.15) is 5.82 Å². The number of aromatic nitrogens is 3. The van der Waals surface area contributed by atoms with Crippen molar-refractivity contribution in [3.05, 3.63) is 64.7 Å². The van der Waals surface area contributed by atoms with Crippen molar-refractivity contribution >= 4 is 45.8 Å². The molecule has 2 saturated heterocycles. The molecule has 2 fully saturated rings. The zero-order valence-electron chi connectivity index (χ0n) is 17.6. The number of hydrogen-bond donors (Lipinski definition) is 2. The molecule has 2 aliphatic rings. The van der Waals surface area contributed by atoms with Crippen LogP contribution >= 0.6 is 11.8 Å². The lowest BCUT2D eigenvalue weighted by atomic mass is 10.1. The third kappa shape index (κ3) is 5.01. The van der Waals surface area contributed by atoms with Crippen molar-refractivity contribution in [1.82, 2.24) is 25.6 Å². The fraction of sp³-hybridized carbons (Fsp3) is 0.261. The normalized spacial score (nSPS) is 18.3. The van der Waals surface area contributed by atoms with Crippen LogP contribution in [-0.2, 0) is 11.3 Å². The van der Waals surface area contributed by atoms with Gasteiger partial charge >= 0.3 is 0 Å². The largest absolute Gasteiger partial charge is 0.341 e. The fourth-order valence-electron chi connectivity index (χ4n) is 3.92. The van der Waals surface area contributed by atoms with Gasteiger partial charge in [-0.3, -0.25) is 19.9 Å². The number of carbonyl (C=O) groups is 2. The van der Waals surface area contributed by atoms with Gasteiger partial charge in [-0.15, -0.1) is 0 Å². The SMILES string of the molecule is O=C1NC(=O)/C(=C\c2ccnc(N3CCC(NCc4ccc5cc(F)ccc5n4)CC3)n2)S1. The van der Waals surface area contributed by atoms with Gasteiger partial charge in [0.25, 0.3) is 11.1 Å². The molecule has 33 heavy (non-hydrogen) atoms. The van der Waals surface area contributed by atoms with Gasteiger partial charge in [0, 0.05) is 37.3 Å². The Labute approximate surface area is 193 Å². The van der Waals surface area contributed by atoms with Crippen molar-refractivity contribution in [3.63, 3.8) is 0 Å². The van der Waals surface area contributed by atoms with Gasteiger partial charge in [-0.1, -0.05) is 6.07 Å². The van der Waals surface area contributed by atoms with Crippen LogP contribution in [0.15, 0.2) is 47.5 Å². The summed E-state index contributed by atoms with van der Waals surface area (Å²) in [5.74, 6) is -0.0443. The van der Waals surface area contributed by atoms with Crippen molar-refractivity contribution in [2.24, 2.45) is 0 Å². The lowest BCUT2D eigenvalue weighted by Crippen LogP contribution is -2.43. The Morgan fingerprint density at radius 3 is 2.79 bits per heavy atom. The molecule has 0 atom stereocenters. The maximum absolute atomic E-state index is 13.3. The van der Waals surface area contributed by atoms with Gasteiger partial charge in [-0.05, 0) is 61.0 Å². The van der Waals surface area contributed by atoms with Crippen LogP contribution in [0.5, 0.6) is 0 Å². The second-order valence-electron chi connectivity index (χ2n) is 7.92. The van der Waals surface area contributed by atoms with Gasteiger partial charge in [-0.2, -0.15) is 0 Å². The second kappa shape index (κ2) is 9.24. The number of anilines is 1. The van der Waals surface area contributed by atoms with E-state index in [0.717, 1.165) is 54.3 Å². The Balaban J connectivity index is 1.17. The summed E-state index contributed by atoms with van der Waals surface area (Å²) < 4.78 is 13.3. The van der Waals surface area contributed by atoms with Gasteiger partial charge < -0.3 is 10.2 Å². The van der Waals surface area contributed by atoms with Crippen LogP contribution in [0.1, 0.15) is 24.2 Å². The number of amides is 2. The molecule has 2 aromatic heterocycles. The molecule has 4 heterocycles. The van der Waals surface area contributed by atoms with Crippen molar-refractivity contribution in [2.75, 3.05) is 18.0 Å². The van der Waals surface area contributed by atoms with Gasteiger partial charge in [0.2, 0.25) is 5.95 Å². The van der Waals surface area contributed by atoms with E-state index in [-0.39, 0.29) is 11.1 Å². The zero-order valence-corrected chi connectivity index (χ0v) is 18.4. The number of carbonyl (C=O) groups excluding carboxylic acids is 2. The van der Waals surface area contributed by atoms with E-state index in [2.05, 4.69) is 30.5 Å². The van der Waals surface area contributed by atoms with Crippen molar-refractivity contribution in [3.8, 4) is 0 Å². The lowest BCUT2D eigenvalue weighted by Gasteiger charge is -2.32. The molecular weight excluding hydrogens is 443 g/mol. The van der Waals surface area contributed by atoms with Gasteiger partial charge in [0.05, 0.1) is 21.8 Å². The molecule has 2 amide bonds. The third-order valence-corrected chi connectivity index (χ3v) is 6.45. The number of halogens is 1. The number of pyridine rings is 1. The number of rotatable bonds is 5. The van der Waals surface area contributed by atoms with Crippen molar-refractivity contribution < 1.29 is 14.0 Å².